The molecular formula is C24H26N4O2. The number of hydrogen-bond donors (Lipinski definition) is 2. The molecule has 1 heterocycles. The first-order valence-corrected chi connectivity index (χ1v) is 9.98. The number of benzene rings is 2. The Labute approximate surface area is 176 Å². The number of para-hydroxylation sites is 1. The lowest BCUT2D eigenvalue weighted by Crippen LogP contribution is -2.49. The van der Waals surface area contributed by atoms with Gasteiger partial charge >= 0.3 is 5.97 Å². The minimum absolute atomic E-state index is 0.155. The average molecular weight is 402 g/mol. The Kier molecular flexibility index (Phi) is 5.97. The molecule has 2 aromatic carbocycles. The molecule has 0 radical (unpaired) electrons. The van der Waals surface area contributed by atoms with Crippen LogP contribution in [0.25, 0.3) is 0 Å². The molecule has 2 atom stereocenters. The third-order valence-electron chi connectivity index (χ3n) is 5.25. The molecule has 4 rings (SSSR count). The van der Waals surface area contributed by atoms with E-state index in [1.54, 1.807) is 0 Å². The Bertz CT molecular complexity index is 966. The maximum atomic E-state index is 11.5. The van der Waals surface area contributed by atoms with E-state index in [9.17, 15) is 4.79 Å². The van der Waals surface area contributed by atoms with Crippen LogP contribution >= 0.6 is 0 Å². The molecule has 1 aliphatic heterocycles. The second-order valence-electron chi connectivity index (χ2n) is 7.38. The number of hydrazine groups is 1. The molecule has 0 aromatic heterocycles. The topological polar surface area (TPSA) is 70.8 Å². The first-order valence-electron chi connectivity index (χ1n) is 9.98. The van der Waals surface area contributed by atoms with Crippen molar-refractivity contribution in [2.45, 2.75) is 18.5 Å². The number of fused-ring (bicyclic) bond motifs is 1. The second-order valence-corrected chi connectivity index (χ2v) is 7.38. The van der Waals surface area contributed by atoms with Gasteiger partial charge in [0.25, 0.3) is 0 Å². The molecule has 0 amide bonds. The van der Waals surface area contributed by atoms with Crippen molar-refractivity contribution in [1.82, 2.24) is 5.01 Å². The molecule has 154 valence electrons. The minimum atomic E-state index is -0.651. The number of hydrogen-bond acceptors (Lipinski definition) is 6. The molecule has 1 unspecified atom stereocenters. The van der Waals surface area contributed by atoms with Crippen molar-refractivity contribution >= 4 is 17.3 Å². The van der Waals surface area contributed by atoms with Crippen LogP contribution in [0, 0.1) is 0 Å². The van der Waals surface area contributed by atoms with Gasteiger partial charge < -0.3 is 20.8 Å². The van der Waals surface area contributed by atoms with E-state index in [0.29, 0.717) is 13.1 Å². The zero-order chi connectivity index (χ0) is 20.9. The van der Waals surface area contributed by atoms with Crippen molar-refractivity contribution in [3.63, 3.8) is 0 Å². The summed E-state index contributed by atoms with van der Waals surface area (Å²) in [6.07, 6.45) is 11.1. The number of methoxy groups -OCH3 is 1. The Morgan fingerprint density at radius 2 is 1.93 bits per heavy atom. The molecule has 0 saturated carbocycles. The molecule has 3 N–H and O–H groups in total. The van der Waals surface area contributed by atoms with E-state index < -0.39 is 12.0 Å². The summed E-state index contributed by atoms with van der Waals surface area (Å²) >= 11 is 0. The smallest absolute Gasteiger partial charge is 0.322 e. The van der Waals surface area contributed by atoms with E-state index in [-0.39, 0.29) is 6.04 Å². The first kappa shape index (κ1) is 19.9. The zero-order valence-electron chi connectivity index (χ0n) is 16.9. The summed E-state index contributed by atoms with van der Waals surface area (Å²) < 4.78 is 4.70. The Hall–Kier alpha value is -3.35. The van der Waals surface area contributed by atoms with Crippen LogP contribution in [0.2, 0.25) is 0 Å². The lowest BCUT2D eigenvalue weighted by atomic mass is 10.0. The SMILES string of the molecule is COC(=O)C(N)Cc1ccc(NN2CN(c3ccccc3)C=C3C=CC=C[C@@H]32)cc1. The van der Waals surface area contributed by atoms with Crippen LogP contribution in [0.4, 0.5) is 11.4 Å². The lowest BCUT2D eigenvalue weighted by Gasteiger charge is -2.41. The molecule has 6 nitrogen and oxygen atoms in total. The summed E-state index contributed by atoms with van der Waals surface area (Å²) in [5.74, 6) is -0.400. The Balaban J connectivity index is 1.49. The van der Waals surface area contributed by atoms with Crippen molar-refractivity contribution < 1.29 is 9.53 Å². The molecule has 30 heavy (non-hydrogen) atoms. The highest BCUT2D eigenvalue weighted by molar-refractivity contribution is 5.75. The van der Waals surface area contributed by atoms with Gasteiger partial charge in [-0.05, 0) is 41.8 Å². The van der Waals surface area contributed by atoms with Gasteiger partial charge in [-0.15, -0.1) is 0 Å². The zero-order valence-corrected chi connectivity index (χ0v) is 16.9. The van der Waals surface area contributed by atoms with E-state index in [1.807, 2.05) is 42.5 Å². The molecule has 0 fully saturated rings. The van der Waals surface area contributed by atoms with Gasteiger partial charge in [-0.25, -0.2) is 0 Å². The predicted octanol–water partition coefficient (Wildman–Crippen LogP) is 3.21. The minimum Gasteiger partial charge on any atom is -0.468 e. The van der Waals surface area contributed by atoms with Gasteiger partial charge in [0, 0.05) is 17.6 Å². The largest absolute Gasteiger partial charge is 0.468 e. The number of nitrogens with one attached hydrogen (secondary N) is 1. The number of nitrogens with zero attached hydrogens (tertiary/aromatic N) is 2. The van der Waals surface area contributed by atoms with Gasteiger partial charge in [0.05, 0.1) is 19.8 Å². The number of carbonyl (C=O) groups excluding carboxylic acids is 1. The van der Waals surface area contributed by atoms with Gasteiger partial charge in [0.15, 0.2) is 0 Å². The van der Waals surface area contributed by atoms with Gasteiger partial charge in [0.1, 0.15) is 6.04 Å². The summed E-state index contributed by atoms with van der Waals surface area (Å²) in [4.78, 5) is 13.8. The standard InChI is InChI=1S/C24H26N4O2/c1-30-24(29)22(25)15-18-11-13-20(14-12-18)26-28-17-27(21-8-3-2-4-9-21)16-19-7-5-6-10-23(19)28/h2-14,16,22-23,26H,15,17,25H2,1H3/t22?,23-/m0/s1. The number of allylic oxidation sites excluding steroid dienone is 2. The maximum absolute atomic E-state index is 11.5. The van der Waals surface area contributed by atoms with Crippen molar-refractivity contribution in [3.8, 4) is 0 Å². The molecule has 2 aromatic rings. The lowest BCUT2D eigenvalue weighted by molar-refractivity contribution is -0.142. The van der Waals surface area contributed by atoms with Gasteiger partial charge in [-0.3, -0.25) is 4.79 Å². The Morgan fingerprint density at radius 1 is 1.17 bits per heavy atom. The number of ether oxygens (including phenoxy) is 1. The highest BCUT2D eigenvalue weighted by Gasteiger charge is 2.27. The maximum Gasteiger partial charge on any atom is 0.322 e. The molecule has 2 aliphatic rings. The molecule has 1 aliphatic carbocycles. The van der Waals surface area contributed by atoms with Crippen LogP contribution < -0.4 is 16.1 Å². The molecule has 0 bridgehead atoms. The van der Waals surface area contributed by atoms with Crippen LogP contribution in [0.5, 0.6) is 0 Å². The Morgan fingerprint density at radius 3 is 2.67 bits per heavy atom. The predicted molar refractivity (Wildman–Crippen MR) is 120 cm³/mol. The van der Waals surface area contributed by atoms with Gasteiger partial charge in [-0.2, -0.15) is 5.01 Å². The number of rotatable bonds is 6. The summed E-state index contributed by atoms with van der Waals surface area (Å²) in [6, 6.07) is 17.8. The van der Waals surface area contributed by atoms with Crippen LogP contribution in [0.3, 0.4) is 0 Å². The van der Waals surface area contributed by atoms with Crippen molar-refractivity contribution in [2.75, 3.05) is 24.1 Å². The summed E-state index contributed by atoms with van der Waals surface area (Å²) in [7, 11) is 1.35. The highest BCUT2D eigenvalue weighted by Crippen LogP contribution is 2.28. The van der Waals surface area contributed by atoms with E-state index >= 15 is 0 Å². The molecule has 6 heteroatoms. The number of anilines is 2. The van der Waals surface area contributed by atoms with Crippen molar-refractivity contribution in [1.29, 1.82) is 0 Å². The quantitative estimate of drug-likeness (QED) is 0.723. The van der Waals surface area contributed by atoms with E-state index in [4.69, 9.17) is 10.5 Å². The summed E-state index contributed by atoms with van der Waals surface area (Å²) in [5, 5.41) is 2.21. The van der Waals surface area contributed by atoms with Crippen LogP contribution in [0.1, 0.15) is 5.56 Å². The van der Waals surface area contributed by atoms with Crippen molar-refractivity contribution in [2.24, 2.45) is 5.73 Å². The molecule has 0 spiro atoms. The second kappa shape index (κ2) is 8.98. The first-order chi connectivity index (χ1) is 14.6. The van der Waals surface area contributed by atoms with E-state index in [0.717, 1.165) is 16.9 Å². The average Bonchev–Trinajstić information content (AvgIpc) is 2.80. The van der Waals surface area contributed by atoms with Crippen LogP contribution in [-0.4, -0.2) is 36.8 Å². The highest BCUT2D eigenvalue weighted by atomic mass is 16.5. The third kappa shape index (κ3) is 4.45. The van der Waals surface area contributed by atoms with Gasteiger partial charge in [-0.1, -0.05) is 54.6 Å². The van der Waals surface area contributed by atoms with E-state index in [2.05, 4.69) is 58.0 Å². The number of nitrogens with two attached hydrogens (primary N) is 1. The third-order valence-corrected chi connectivity index (χ3v) is 5.25. The van der Waals surface area contributed by atoms with Crippen LogP contribution in [0.15, 0.2) is 90.7 Å². The fraction of sp³-hybridized carbons (Fsp3) is 0.208. The van der Waals surface area contributed by atoms with E-state index in [1.165, 1.54) is 12.7 Å². The monoisotopic (exact) mass is 402 g/mol. The number of carbonyl (C=O) groups is 1. The normalized spacial score (nSPS) is 19.1. The fourth-order valence-electron chi connectivity index (χ4n) is 3.67. The van der Waals surface area contributed by atoms with Gasteiger partial charge in [0.2, 0.25) is 0 Å². The van der Waals surface area contributed by atoms with Crippen LogP contribution in [-0.2, 0) is 16.0 Å². The summed E-state index contributed by atoms with van der Waals surface area (Å²) in [6.45, 7) is 0.700. The fourth-order valence-corrected chi connectivity index (χ4v) is 3.67. The number of esters is 1. The molecule has 0 saturated heterocycles. The molecular weight excluding hydrogens is 376 g/mol. The van der Waals surface area contributed by atoms with Crippen molar-refractivity contribution in [3.05, 3.63) is 96.2 Å². The summed E-state index contributed by atoms with van der Waals surface area (Å²) in [5.41, 5.74) is 13.7.